The van der Waals surface area contributed by atoms with E-state index in [9.17, 15) is 22.8 Å². The molecule has 0 aromatic heterocycles. The maximum Gasteiger partial charge on any atom is 0.573 e. The molecule has 0 bridgehead atoms. The number of benzene rings is 3. The fourth-order valence-electron chi connectivity index (χ4n) is 2.93. The number of anilines is 1. The Bertz CT molecular complexity index is 1060. The quantitative estimate of drug-likeness (QED) is 0.603. The van der Waals surface area contributed by atoms with Gasteiger partial charge in [0, 0.05) is 24.7 Å². The predicted molar refractivity (Wildman–Crippen MR) is 111 cm³/mol. The van der Waals surface area contributed by atoms with Crippen molar-refractivity contribution in [2.45, 2.75) is 12.9 Å². The average molecular weight is 431 g/mol. The Morgan fingerprint density at radius 1 is 0.968 bits per heavy atom. The minimum absolute atomic E-state index is 0.0837. The van der Waals surface area contributed by atoms with Gasteiger partial charge in [-0.05, 0) is 29.1 Å². The lowest BCUT2D eigenvalue weighted by Crippen LogP contribution is -2.41. The van der Waals surface area contributed by atoms with Gasteiger partial charge in [-0.25, -0.2) is 4.79 Å². The molecule has 0 aliphatic rings. The molecular weight excluding hydrogens is 411 g/mol. The summed E-state index contributed by atoms with van der Waals surface area (Å²) in [7, 11) is 1.47. The molecule has 0 fully saturated rings. The number of fused-ring (bicyclic) bond motifs is 1. The van der Waals surface area contributed by atoms with E-state index in [2.05, 4.69) is 15.4 Å². The first-order valence-corrected chi connectivity index (χ1v) is 9.32. The molecule has 3 rings (SSSR count). The van der Waals surface area contributed by atoms with Gasteiger partial charge in [-0.15, -0.1) is 13.2 Å². The van der Waals surface area contributed by atoms with Crippen LogP contribution in [0.15, 0.2) is 66.7 Å². The molecule has 6 nitrogen and oxygen atoms in total. The van der Waals surface area contributed by atoms with Crippen molar-refractivity contribution in [3.8, 4) is 5.75 Å². The van der Waals surface area contributed by atoms with Gasteiger partial charge in [0.2, 0.25) is 5.91 Å². The highest BCUT2D eigenvalue weighted by Crippen LogP contribution is 2.23. The maximum absolute atomic E-state index is 12.4. The van der Waals surface area contributed by atoms with Crippen molar-refractivity contribution >= 4 is 28.4 Å². The van der Waals surface area contributed by atoms with Crippen molar-refractivity contribution in [3.63, 3.8) is 0 Å². The van der Waals surface area contributed by atoms with Crippen molar-refractivity contribution in [2.24, 2.45) is 0 Å². The summed E-state index contributed by atoms with van der Waals surface area (Å²) >= 11 is 0. The van der Waals surface area contributed by atoms with Crippen molar-refractivity contribution in [3.05, 3.63) is 72.3 Å². The number of hydrogen-bond acceptors (Lipinski definition) is 3. The Morgan fingerprint density at radius 2 is 1.65 bits per heavy atom. The summed E-state index contributed by atoms with van der Waals surface area (Å²) in [6, 6.07) is 17.8. The number of carbonyl (C=O) groups is 2. The molecule has 0 aliphatic heterocycles. The molecule has 31 heavy (non-hydrogen) atoms. The van der Waals surface area contributed by atoms with Crippen LogP contribution in [0.5, 0.6) is 5.75 Å². The minimum atomic E-state index is -4.76. The van der Waals surface area contributed by atoms with Crippen LogP contribution >= 0.6 is 0 Å². The topological polar surface area (TPSA) is 70.7 Å². The summed E-state index contributed by atoms with van der Waals surface area (Å²) in [5.74, 6) is -0.701. The Kier molecular flexibility index (Phi) is 6.64. The number of carbonyl (C=O) groups excluding carboxylic acids is 2. The number of likely N-dealkylation sites (N-methyl/N-ethyl adjacent to an activating group) is 1. The maximum atomic E-state index is 12.4. The van der Waals surface area contributed by atoms with E-state index in [4.69, 9.17) is 0 Å². The van der Waals surface area contributed by atoms with Gasteiger partial charge in [0.25, 0.3) is 0 Å². The number of rotatable bonds is 6. The molecule has 0 unspecified atom stereocenters. The third kappa shape index (κ3) is 6.36. The summed E-state index contributed by atoms with van der Waals surface area (Å²) < 4.78 is 40.4. The van der Waals surface area contributed by atoms with E-state index < -0.39 is 12.4 Å². The molecule has 3 aromatic rings. The third-order valence-electron chi connectivity index (χ3n) is 4.39. The lowest BCUT2D eigenvalue weighted by atomic mass is 10.1. The predicted octanol–water partition coefficient (Wildman–Crippen LogP) is 4.52. The van der Waals surface area contributed by atoms with Crippen LogP contribution in [0.3, 0.4) is 0 Å². The number of nitrogens with zero attached hydrogens (tertiary/aromatic N) is 1. The van der Waals surface area contributed by atoms with E-state index >= 15 is 0 Å². The van der Waals surface area contributed by atoms with E-state index in [1.54, 1.807) is 6.07 Å². The van der Waals surface area contributed by atoms with Crippen molar-refractivity contribution < 1.29 is 27.5 Å². The smallest absolute Gasteiger partial charge is 0.406 e. The van der Waals surface area contributed by atoms with Crippen LogP contribution in [0.1, 0.15) is 5.56 Å². The standard InChI is InChI=1S/C22H20F3N3O3/c1-28(14-20(29)27-19-8-4-6-16-5-2-3-7-18(16)19)21(30)26-13-15-9-11-17(12-10-15)31-22(23,24)25/h2-12H,13-14H2,1H3,(H,26,30)(H,27,29). The molecule has 0 saturated carbocycles. The van der Waals surface area contributed by atoms with Gasteiger partial charge in [-0.3, -0.25) is 4.79 Å². The second-order valence-corrected chi connectivity index (χ2v) is 6.78. The summed E-state index contributed by atoms with van der Waals surface area (Å²) in [5, 5.41) is 7.29. The summed E-state index contributed by atoms with van der Waals surface area (Å²) in [6.07, 6.45) is -4.76. The van der Waals surface area contributed by atoms with Crippen LogP contribution < -0.4 is 15.4 Å². The minimum Gasteiger partial charge on any atom is -0.406 e. The number of alkyl halides is 3. The fourth-order valence-corrected chi connectivity index (χ4v) is 2.93. The van der Waals surface area contributed by atoms with E-state index in [0.29, 0.717) is 11.3 Å². The summed E-state index contributed by atoms with van der Waals surface area (Å²) in [4.78, 5) is 25.8. The summed E-state index contributed by atoms with van der Waals surface area (Å²) in [6.45, 7) is -0.0895. The molecule has 0 spiro atoms. The number of halogens is 3. The van der Waals surface area contributed by atoms with Gasteiger partial charge < -0.3 is 20.3 Å². The van der Waals surface area contributed by atoms with Crippen LogP contribution in [-0.4, -0.2) is 36.8 Å². The Balaban J connectivity index is 1.50. The second kappa shape index (κ2) is 9.38. The van der Waals surface area contributed by atoms with E-state index in [1.165, 1.54) is 24.1 Å². The third-order valence-corrected chi connectivity index (χ3v) is 4.39. The highest BCUT2D eigenvalue weighted by atomic mass is 19.4. The van der Waals surface area contributed by atoms with Gasteiger partial charge >= 0.3 is 12.4 Å². The first kappa shape index (κ1) is 21.9. The molecular formula is C22H20F3N3O3. The molecule has 0 aliphatic carbocycles. The lowest BCUT2D eigenvalue weighted by molar-refractivity contribution is -0.274. The normalized spacial score (nSPS) is 11.1. The van der Waals surface area contributed by atoms with E-state index in [-0.39, 0.29) is 24.7 Å². The molecule has 162 valence electrons. The zero-order valence-corrected chi connectivity index (χ0v) is 16.6. The monoisotopic (exact) mass is 431 g/mol. The van der Waals surface area contributed by atoms with Crippen molar-refractivity contribution in [1.82, 2.24) is 10.2 Å². The van der Waals surface area contributed by atoms with Crippen molar-refractivity contribution in [2.75, 3.05) is 18.9 Å². The van der Waals surface area contributed by atoms with Gasteiger partial charge in [-0.1, -0.05) is 48.5 Å². The zero-order valence-electron chi connectivity index (χ0n) is 16.6. The van der Waals surface area contributed by atoms with Crippen LogP contribution in [-0.2, 0) is 11.3 Å². The number of urea groups is 1. The molecule has 9 heteroatoms. The number of ether oxygens (including phenoxy) is 1. The molecule has 0 atom stereocenters. The largest absolute Gasteiger partial charge is 0.573 e. The molecule has 3 amide bonds. The van der Waals surface area contributed by atoms with Crippen LogP contribution in [0, 0.1) is 0 Å². The first-order chi connectivity index (χ1) is 14.7. The van der Waals surface area contributed by atoms with Crippen molar-refractivity contribution in [1.29, 1.82) is 0 Å². The second-order valence-electron chi connectivity index (χ2n) is 6.78. The molecule has 0 heterocycles. The Labute approximate surface area is 176 Å². The van der Waals surface area contributed by atoms with Gasteiger partial charge in [-0.2, -0.15) is 0 Å². The summed E-state index contributed by atoms with van der Waals surface area (Å²) in [5.41, 5.74) is 1.23. The molecule has 3 aromatic carbocycles. The molecule has 2 N–H and O–H groups in total. The highest BCUT2D eigenvalue weighted by molar-refractivity contribution is 6.03. The van der Waals surface area contributed by atoms with Crippen LogP contribution in [0.4, 0.5) is 23.7 Å². The number of amides is 3. The molecule has 0 saturated heterocycles. The SMILES string of the molecule is CN(CC(=O)Nc1cccc2ccccc12)C(=O)NCc1ccc(OC(F)(F)F)cc1. The first-order valence-electron chi connectivity index (χ1n) is 9.32. The van der Waals surface area contributed by atoms with Gasteiger partial charge in [0.05, 0.1) is 0 Å². The number of hydrogen-bond donors (Lipinski definition) is 2. The average Bonchev–Trinajstić information content (AvgIpc) is 2.72. The number of nitrogens with one attached hydrogen (secondary N) is 2. The van der Waals surface area contributed by atoms with Crippen LogP contribution in [0.2, 0.25) is 0 Å². The Hall–Kier alpha value is -3.75. The van der Waals surface area contributed by atoms with Gasteiger partial charge in [0.15, 0.2) is 0 Å². The lowest BCUT2D eigenvalue weighted by Gasteiger charge is -2.18. The van der Waals surface area contributed by atoms with E-state index in [0.717, 1.165) is 22.9 Å². The Morgan fingerprint density at radius 3 is 2.35 bits per heavy atom. The van der Waals surface area contributed by atoms with Crippen LogP contribution in [0.25, 0.3) is 10.8 Å². The van der Waals surface area contributed by atoms with Gasteiger partial charge in [0.1, 0.15) is 12.3 Å². The zero-order chi connectivity index (χ0) is 22.4. The highest BCUT2D eigenvalue weighted by Gasteiger charge is 2.30. The fraction of sp³-hybridized carbons (Fsp3) is 0.182. The molecule has 0 radical (unpaired) electrons. The van der Waals surface area contributed by atoms with E-state index in [1.807, 2.05) is 36.4 Å².